The summed E-state index contributed by atoms with van der Waals surface area (Å²) in [5.74, 6) is -0.984. The molecule has 0 bridgehead atoms. The van der Waals surface area contributed by atoms with Crippen LogP contribution in [-0.4, -0.2) is 102 Å². The highest BCUT2D eigenvalue weighted by atomic mass is 35.5. The molecule has 18 heteroatoms. The zero-order valence-corrected chi connectivity index (χ0v) is 26.5. The van der Waals surface area contributed by atoms with Gasteiger partial charge in [-0.25, -0.2) is 22.8 Å². The van der Waals surface area contributed by atoms with Gasteiger partial charge in [0.1, 0.15) is 17.6 Å². The highest BCUT2D eigenvalue weighted by Crippen LogP contribution is 2.37. The third-order valence-electron chi connectivity index (χ3n) is 7.68. The van der Waals surface area contributed by atoms with Crippen LogP contribution in [0.5, 0.6) is 5.75 Å². The van der Waals surface area contributed by atoms with Crippen LogP contribution in [0.15, 0.2) is 47.5 Å². The van der Waals surface area contributed by atoms with E-state index >= 15 is 0 Å². The number of halogens is 2. The van der Waals surface area contributed by atoms with Gasteiger partial charge in [0.25, 0.3) is 0 Å². The summed E-state index contributed by atoms with van der Waals surface area (Å²) in [6, 6.07) is 5.81. The molecule has 3 N–H and O–H groups in total. The van der Waals surface area contributed by atoms with Crippen molar-refractivity contribution in [1.29, 1.82) is 0 Å². The van der Waals surface area contributed by atoms with Crippen LogP contribution in [0.1, 0.15) is 36.9 Å². The Morgan fingerprint density at radius 3 is 2.57 bits per heavy atom. The molecule has 2 atom stereocenters. The van der Waals surface area contributed by atoms with Crippen molar-refractivity contribution in [3.8, 4) is 17.0 Å². The number of anilines is 1. The van der Waals surface area contributed by atoms with E-state index in [0.29, 0.717) is 11.1 Å². The van der Waals surface area contributed by atoms with Gasteiger partial charge in [0.05, 0.1) is 73.0 Å². The van der Waals surface area contributed by atoms with Crippen molar-refractivity contribution >= 4 is 64.9 Å². The Labute approximate surface area is 276 Å². The molecule has 1 amide bonds. The van der Waals surface area contributed by atoms with Crippen LogP contribution in [0, 0.1) is 5.82 Å². The smallest absolute Gasteiger partial charge is 0.244 e. The summed E-state index contributed by atoms with van der Waals surface area (Å²) in [6.07, 6.45) is 1.63. The minimum Gasteiger partial charge on any atom is -0.497 e. The predicted octanol–water partition coefficient (Wildman–Crippen LogP) is 1.26. The number of methoxy groups -OCH3 is 1. The maximum Gasteiger partial charge on any atom is 0.244 e. The Hall–Kier alpha value is -3.10. The van der Waals surface area contributed by atoms with E-state index in [-0.39, 0.29) is 52.3 Å². The molecule has 46 heavy (non-hydrogen) atoms. The molecule has 0 spiro atoms. The number of sulfonamides is 1. The number of hydrogen-bond donors (Lipinski definition) is 3. The molecule has 5 rings (SSSR count). The highest BCUT2D eigenvalue weighted by molar-refractivity contribution is 7.89. The number of aromatic nitrogens is 2. The van der Waals surface area contributed by atoms with E-state index in [2.05, 4.69) is 20.6 Å². The normalized spacial score (nSPS) is 19.9. The van der Waals surface area contributed by atoms with E-state index in [0.717, 1.165) is 16.4 Å². The van der Waals surface area contributed by atoms with Crippen LogP contribution in [-0.2, 0) is 26.1 Å². The quantitative estimate of drug-likeness (QED) is 0.290. The van der Waals surface area contributed by atoms with Gasteiger partial charge in [0.15, 0.2) is 0 Å². The third-order valence-corrected chi connectivity index (χ3v) is 9.96. The van der Waals surface area contributed by atoms with Gasteiger partial charge in [-0.05, 0) is 59.9 Å². The topological polar surface area (TPSA) is 143 Å². The fourth-order valence-corrected chi connectivity index (χ4v) is 7.57. The first-order valence-electron chi connectivity index (χ1n) is 14.1. The SMILES string of the molecule is [B]C1([B])CC(Nc2ncc(Cl)c(-c3ccc4c(c3)S(=O)(=O)N(C(C)C(=O)NC(CO)c3cc(F)cc(OC)c3)C4)n2)CC([B])([B])O1. The van der Waals surface area contributed by atoms with E-state index in [9.17, 15) is 22.7 Å². The van der Waals surface area contributed by atoms with Gasteiger partial charge in [0.2, 0.25) is 21.9 Å². The molecular weight excluding hydrogens is 632 g/mol. The maximum atomic E-state index is 14.1. The Morgan fingerprint density at radius 2 is 1.91 bits per heavy atom. The first-order chi connectivity index (χ1) is 21.5. The highest BCUT2D eigenvalue weighted by Gasteiger charge is 2.41. The molecule has 232 valence electrons. The Balaban J connectivity index is 1.35. The Kier molecular flexibility index (Phi) is 9.55. The average molecular weight is 659 g/mol. The number of nitrogens with zero attached hydrogens (tertiary/aromatic N) is 3. The van der Waals surface area contributed by atoms with Crippen LogP contribution >= 0.6 is 11.6 Å². The first kappa shape index (κ1) is 34.2. The van der Waals surface area contributed by atoms with Gasteiger partial charge >= 0.3 is 0 Å². The third kappa shape index (κ3) is 7.23. The Bertz CT molecular complexity index is 1760. The summed E-state index contributed by atoms with van der Waals surface area (Å²) in [4.78, 5) is 21.9. The second-order valence-electron chi connectivity index (χ2n) is 11.4. The summed E-state index contributed by atoms with van der Waals surface area (Å²) in [6.45, 7) is 0.771. The van der Waals surface area contributed by atoms with E-state index in [1.54, 1.807) is 12.1 Å². The van der Waals surface area contributed by atoms with Crippen molar-refractivity contribution in [2.75, 3.05) is 19.0 Å². The zero-order valence-electron chi connectivity index (χ0n) is 24.9. The van der Waals surface area contributed by atoms with Crippen molar-refractivity contribution in [1.82, 2.24) is 19.6 Å². The van der Waals surface area contributed by atoms with Gasteiger partial charge in [-0.3, -0.25) is 4.79 Å². The van der Waals surface area contributed by atoms with E-state index < -0.39 is 57.3 Å². The van der Waals surface area contributed by atoms with Gasteiger partial charge in [-0.15, -0.1) is 0 Å². The lowest BCUT2D eigenvalue weighted by Crippen LogP contribution is -2.56. The number of fused-ring (bicyclic) bond motifs is 1. The summed E-state index contributed by atoms with van der Waals surface area (Å²) >= 11 is 6.43. The van der Waals surface area contributed by atoms with E-state index in [4.69, 9.17) is 52.5 Å². The fraction of sp³-hybridized carbons (Fsp3) is 0.393. The number of ether oxygens (including phenoxy) is 2. The minimum atomic E-state index is -4.16. The molecule has 11 nitrogen and oxygen atoms in total. The summed E-state index contributed by atoms with van der Waals surface area (Å²) in [7, 11) is 20.9. The molecule has 8 radical (unpaired) electrons. The lowest BCUT2D eigenvalue weighted by atomic mass is 9.53. The van der Waals surface area contributed by atoms with Gasteiger partial charge in [0, 0.05) is 24.2 Å². The van der Waals surface area contributed by atoms with Gasteiger partial charge < -0.3 is 25.2 Å². The molecule has 1 aromatic heterocycles. The number of hydrogen-bond acceptors (Lipinski definition) is 9. The lowest BCUT2D eigenvalue weighted by Gasteiger charge is -2.47. The molecule has 2 aromatic carbocycles. The van der Waals surface area contributed by atoms with Crippen molar-refractivity contribution in [2.45, 2.75) is 60.1 Å². The summed E-state index contributed by atoms with van der Waals surface area (Å²) in [5.41, 5.74) is 1.32. The van der Waals surface area contributed by atoms with Gasteiger partial charge in [-0.1, -0.05) is 23.7 Å². The molecule has 0 saturated carbocycles. The largest absolute Gasteiger partial charge is 0.497 e. The molecule has 2 aliphatic rings. The van der Waals surface area contributed by atoms with Crippen LogP contribution in [0.3, 0.4) is 0 Å². The maximum absolute atomic E-state index is 14.1. The molecule has 2 aliphatic heterocycles. The number of benzene rings is 2. The van der Waals surface area contributed by atoms with E-state index in [1.165, 1.54) is 32.4 Å². The zero-order chi connectivity index (χ0) is 33.6. The predicted molar refractivity (Wildman–Crippen MR) is 172 cm³/mol. The van der Waals surface area contributed by atoms with Crippen LogP contribution in [0.4, 0.5) is 10.3 Å². The molecule has 1 fully saturated rings. The second-order valence-corrected chi connectivity index (χ2v) is 13.6. The van der Waals surface area contributed by atoms with Crippen molar-refractivity contribution in [3.63, 3.8) is 0 Å². The minimum absolute atomic E-state index is 0.0288. The van der Waals surface area contributed by atoms with Crippen molar-refractivity contribution in [2.24, 2.45) is 0 Å². The number of aliphatic hydroxyl groups excluding tert-OH is 1. The monoisotopic (exact) mass is 659 g/mol. The van der Waals surface area contributed by atoms with Crippen LogP contribution in [0.25, 0.3) is 11.3 Å². The molecule has 3 heterocycles. The number of carbonyl (C=O) groups is 1. The molecule has 1 saturated heterocycles. The summed E-state index contributed by atoms with van der Waals surface area (Å²) < 4.78 is 52.9. The number of amides is 1. The molecule has 3 aromatic rings. The number of aliphatic hydroxyl groups is 1. The number of nitrogens with one attached hydrogen (secondary N) is 2. The van der Waals surface area contributed by atoms with Crippen molar-refractivity contribution < 1.29 is 32.2 Å². The summed E-state index contributed by atoms with van der Waals surface area (Å²) in [5, 5.41) is 12.6. The fourth-order valence-electron chi connectivity index (χ4n) is 5.56. The van der Waals surface area contributed by atoms with Crippen molar-refractivity contribution in [3.05, 3.63) is 64.6 Å². The first-order valence-corrected chi connectivity index (χ1v) is 15.9. The second kappa shape index (κ2) is 12.8. The molecular formula is C28H27B4ClFN5O6S. The average Bonchev–Trinajstić information content (AvgIpc) is 3.23. The van der Waals surface area contributed by atoms with Gasteiger partial charge in [-0.2, -0.15) is 4.31 Å². The Morgan fingerprint density at radius 1 is 1.22 bits per heavy atom. The standard InChI is InChI=1S/C28H27B4ClFN5O6S/c1-14(25(41)37-22(13-40)17-5-18(34)8-20(6-17)44-2)39-12-16-4-3-15(7-23(16)46(39,42)43)24-21(33)11-35-26(38-24)36-19-9-27(29,30)45-28(31,32)10-19/h3-8,11,14,19,22,40H,9-10,12-13H2,1-2H3,(H,37,41)(H,35,36,38). The van der Waals surface area contributed by atoms with Crippen LogP contribution in [0.2, 0.25) is 5.02 Å². The van der Waals surface area contributed by atoms with E-state index in [1.807, 2.05) is 0 Å². The number of carbonyl (C=O) groups excluding carboxylic acids is 1. The lowest BCUT2D eigenvalue weighted by molar-refractivity contribution is -0.125. The van der Waals surface area contributed by atoms with Crippen LogP contribution < -0.4 is 15.4 Å². The molecule has 0 aliphatic carbocycles. The number of rotatable bonds is 9. The molecule has 2 unspecified atom stereocenters.